The molecule has 0 spiro atoms. The van der Waals surface area contributed by atoms with Crippen molar-refractivity contribution in [1.29, 1.82) is 0 Å². The molecule has 0 saturated heterocycles. The van der Waals surface area contributed by atoms with Crippen molar-refractivity contribution in [3.8, 4) is 5.75 Å². The van der Waals surface area contributed by atoms with E-state index in [0.29, 0.717) is 29.8 Å². The van der Waals surface area contributed by atoms with Crippen molar-refractivity contribution >= 4 is 22.8 Å². The largest absolute Gasteiger partial charge is 0.495 e. The Hall–Kier alpha value is -2.30. The highest BCUT2D eigenvalue weighted by Gasteiger charge is 2.24. The Bertz CT molecular complexity index is 589. The number of aliphatic imine (C=N–C) groups is 1. The molecule has 1 aromatic rings. The lowest BCUT2D eigenvalue weighted by molar-refractivity contribution is 0.0985. The van der Waals surface area contributed by atoms with Gasteiger partial charge in [0.2, 0.25) is 0 Å². The van der Waals surface area contributed by atoms with Gasteiger partial charge in [-0.2, -0.15) is 0 Å². The first-order chi connectivity index (χ1) is 9.12. The molecule has 0 saturated carbocycles. The van der Waals surface area contributed by atoms with Crippen LogP contribution in [0.5, 0.6) is 5.75 Å². The summed E-state index contributed by atoms with van der Waals surface area (Å²) in [6, 6.07) is 3.40. The maximum atomic E-state index is 12.2. The summed E-state index contributed by atoms with van der Waals surface area (Å²) < 4.78 is 5.16. The Kier molecular flexibility index (Phi) is 3.55. The topological polar surface area (TPSA) is 90.7 Å². The highest BCUT2D eigenvalue weighted by molar-refractivity contribution is 6.28. The molecule has 0 radical (unpaired) electrons. The summed E-state index contributed by atoms with van der Waals surface area (Å²) in [5.74, 6) is 0.548. The van der Waals surface area contributed by atoms with Gasteiger partial charge in [-0.25, -0.2) is 0 Å². The molecule has 5 nitrogen and oxygen atoms in total. The second kappa shape index (κ2) is 5.14. The first-order valence-corrected chi connectivity index (χ1v) is 6.01. The molecule has 5 heteroatoms. The predicted octanol–water partition coefficient (Wildman–Crippen LogP) is 1.62. The predicted molar refractivity (Wildman–Crippen MR) is 76.5 cm³/mol. The lowest BCUT2D eigenvalue weighted by Gasteiger charge is -2.12. The highest BCUT2D eigenvalue weighted by Crippen LogP contribution is 2.34. The van der Waals surface area contributed by atoms with Crippen molar-refractivity contribution < 1.29 is 9.53 Å². The molecule has 0 amide bonds. The molecule has 0 aliphatic heterocycles. The van der Waals surface area contributed by atoms with Gasteiger partial charge in [-0.05, 0) is 24.1 Å². The van der Waals surface area contributed by atoms with Gasteiger partial charge < -0.3 is 16.2 Å². The maximum absolute atomic E-state index is 12.2. The maximum Gasteiger partial charge on any atom is 0.164 e. The minimum Gasteiger partial charge on any atom is -0.495 e. The summed E-state index contributed by atoms with van der Waals surface area (Å²) >= 11 is 0. The minimum absolute atomic E-state index is 0.0475. The molecule has 1 aliphatic rings. The number of nitrogens with two attached hydrogens (primary N) is 2. The molecule has 19 heavy (non-hydrogen) atoms. The lowest BCUT2D eigenvalue weighted by atomic mass is 9.96. The Labute approximate surface area is 112 Å². The smallest absolute Gasteiger partial charge is 0.164 e. The second-order valence-corrected chi connectivity index (χ2v) is 4.31. The van der Waals surface area contributed by atoms with Gasteiger partial charge in [0.25, 0.3) is 0 Å². The number of nitrogen functional groups attached to an aromatic ring is 1. The van der Waals surface area contributed by atoms with Crippen LogP contribution in [0.15, 0.2) is 23.3 Å². The van der Waals surface area contributed by atoms with Crippen LogP contribution in [0.3, 0.4) is 0 Å². The van der Waals surface area contributed by atoms with Gasteiger partial charge in [0.15, 0.2) is 5.78 Å². The quantitative estimate of drug-likeness (QED) is 0.592. The van der Waals surface area contributed by atoms with E-state index >= 15 is 0 Å². The number of benzene rings is 1. The van der Waals surface area contributed by atoms with Crippen LogP contribution in [0.2, 0.25) is 0 Å². The summed E-state index contributed by atoms with van der Waals surface area (Å²) in [5.41, 5.74) is 15.0. The average Bonchev–Trinajstić information content (AvgIpc) is 2.54. The molecule has 0 unspecified atom stereocenters. The van der Waals surface area contributed by atoms with E-state index in [1.165, 1.54) is 13.3 Å². The molecule has 0 fully saturated rings. The van der Waals surface area contributed by atoms with E-state index in [0.717, 1.165) is 16.8 Å². The highest BCUT2D eigenvalue weighted by atomic mass is 16.5. The molecule has 1 aromatic carbocycles. The van der Waals surface area contributed by atoms with Crippen molar-refractivity contribution in [2.45, 2.75) is 12.8 Å². The molecule has 2 rings (SSSR count). The van der Waals surface area contributed by atoms with E-state index in [-0.39, 0.29) is 5.78 Å². The normalized spacial score (nSPS) is 19.4. The van der Waals surface area contributed by atoms with Crippen LogP contribution in [-0.2, 0) is 0 Å². The van der Waals surface area contributed by atoms with Crippen LogP contribution in [-0.4, -0.2) is 25.7 Å². The number of methoxy groups -OCH3 is 1. The van der Waals surface area contributed by atoms with E-state index in [1.807, 2.05) is 0 Å². The molecule has 0 aromatic heterocycles. The fraction of sp³-hybridized carbons (Fsp3) is 0.286. The van der Waals surface area contributed by atoms with E-state index in [1.54, 1.807) is 19.2 Å². The SMILES string of the molecule is CN=C1CCC(=O)c2cc(OC)c(N)cc2C1=CN. The molecule has 4 N–H and O–H groups in total. The number of ether oxygens (including phenoxy) is 1. The summed E-state index contributed by atoms with van der Waals surface area (Å²) in [6.07, 6.45) is 2.46. The number of Topliss-reactive ketones (excluding diaryl/α,β-unsaturated/α-hetero) is 1. The molecule has 100 valence electrons. The fourth-order valence-corrected chi connectivity index (χ4v) is 2.30. The summed E-state index contributed by atoms with van der Waals surface area (Å²) in [4.78, 5) is 16.4. The Morgan fingerprint density at radius 1 is 1.32 bits per heavy atom. The van der Waals surface area contributed by atoms with E-state index in [4.69, 9.17) is 16.2 Å². The van der Waals surface area contributed by atoms with Gasteiger partial charge >= 0.3 is 0 Å². The van der Waals surface area contributed by atoms with Crippen molar-refractivity contribution in [2.75, 3.05) is 19.9 Å². The van der Waals surface area contributed by atoms with Crippen molar-refractivity contribution in [2.24, 2.45) is 10.7 Å². The van der Waals surface area contributed by atoms with Gasteiger partial charge in [0, 0.05) is 36.5 Å². The number of anilines is 1. The molecule has 0 heterocycles. The number of allylic oxidation sites excluding steroid dienone is 1. The Morgan fingerprint density at radius 2 is 2.05 bits per heavy atom. The average molecular weight is 259 g/mol. The van der Waals surface area contributed by atoms with Gasteiger partial charge in [0.1, 0.15) is 5.75 Å². The van der Waals surface area contributed by atoms with E-state index in [2.05, 4.69) is 4.99 Å². The zero-order valence-electron chi connectivity index (χ0n) is 11.1. The summed E-state index contributed by atoms with van der Waals surface area (Å²) in [5, 5.41) is 0. The Balaban J connectivity index is 2.72. The molecule has 1 aliphatic carbocycles. The van der Waals surface area contributed by atoms with Crippen molar-refractivity contribution in [3.05, 3.63) is 29.5 Å². The minimum atomic E-state index is 0.0475. The number of fused-ring (bicyclic) bond motifs is 1. The summed E-state index contributed by atoms with van der Waals surface area (Å²) in [7, 11) is 3.22. The first-order valence-electron chi connectivity index (χ1n) is 6.01. The number of carbonyl (C=O) groups is 1. The number of nitrogens with zero attached hydrogens (tertiary/aromatic N) is 1. The third-order valence-electron chi connectivity index (χ3n) is 3.30. The molecule has 0 atom stereocenters. The van der Waals surface area contributed by atoms with Gasteiger partial charge in [0.05, 0.1) is 12.8 Å². The zero-order chi connectivity index (χ0) is 14.0. The van der Waals surface area contributed by atoms with Gasteiger partial charge in [-0.1, -0.05) is 0 Å². The van der Waals surface area contributed by atoms with Crippen molar-refractivity contribution in [1.82, 2.24) is 0 Å². The van der Waals surface area contributed by atoms with Gasteiger partial charge in [-0.15, -0.1) is 0 Å². The number of carbonyl (C=O) groups excluding carboxylic acids is 1. The van der Waals surface area contributed by atoms with Crippen LogP contribution < -0.4 is 16.2 Å². The third-order valence-corrected chi connectivity index (χ3v) is 3.30. The van der Waals surface area contributed by atoms with Crippen LogP contribution in [0.25, 0.3) is 5.57 Å². The number of ketones is 1. The van der Waals surface area contributed by atoms with Crippen LogP contribution in [0, 0.1) is 0 Å². The molecular weight excluding hydrogens is 242 g/mol. The van der Waals surface area contributed by atoms with E-state index in [9.17, 15) is 4.79 Å². The monoisotopic (exact) mass is 259 g/mol. The molecule has 0 bridgehead atoms. The van der Waals surface area contributed by atoms with E-state index < -0.39 is 0 Å². The first kappa shape index (κ1) is 13.1. The molecular formula is C14H17N3O2. The van der Waals surface area contributed by atoms with Gasteiger partial charge in [-0.3, -0.25) is 9.79 Å². The van der Waals surface area contributed by atoms with Crippen molar-refractivity contribution in [3.63, 3.8) is 0 Å². The zero-order valence-corrected chi connectivity index (χ0v) is 11.1. The van der Waals surface area contributed by atoms with Crippen LogP contribution in [0.1, 0.15) is 28.8 Å². The fourth-order valence-electron chi connectivity index (χ4n) is 2.30. The number of rotatable bonds is 1. The standard InChI is InChI=1S/C14H17N3O2/c1-17-12-3-4-13(18)9-6-14(19-2)11(16)5-8(9)10(12)7-15/h5-7H,3-4,15-16H2,1-2H3. The number of hydrogen-bond acceptors (Lipinski definition) is 5. The second-order valence-electron chi connectivity index (χ2n) is 4.31. The van der Waals surface area contributed by atoms with Crippen LogP contribution >= 0.6 is 0 Å². The Morgan fingerprint density at radius 3 is 2.63 bits per heavy atom. The summed E-state index contributed by atoms with van der Waals surface area (Å²) in [6.45, 7) is 0. The van der Waals surface area contributed by atoms with Crippen LogP contribution in [0.4, 0.5) is 5.69 Å². The lowest BCUT2D eigenvalue weighted by Crippen LogP contribution is -2.05. The number of hydrogen-bond donors (Lipinski definition) is 2. The third kappa shape index (κ3) is 2.19.